The maximum atomic E-state index is 4.24. The Morgan fingerprint density at radius 2 is 2.00 bits per heavy atom. The second-order valence-electron chi connectivity index (χ2n) is 3.63. The number of hydrogen-bond donors (Lipinski definition) is 0. The second-order valence-corrected chi connectivity index (χ2v) is 4.74. The van der Waals surface area contributed by atoms with Gasteiger partial charge in [-0.25, -0.2) is 4.98 Å². The van der Waals surface area contributed by atoms with E-state index in [1.165, 1.54) is 3.70 Å². The van der Waals surface area contributed by atoms with Crippen LogP contribution in [0.3, 0.4) is 0 Å². The summed E-state index contributed by atoms with van der Waals surface area (Å²) in [5.74, 6) is 1.09. The number of aromatic nitrogens is 2. The lowest BCUT2D eigenvalue weighted by atomic mass is 10.1. The maximum absolute atomic E-state index is 4.24. The van der Waals surface area contributed by atoms with E-state index in [9.17, 15) is 0 Å². The summed E-state index contributed by atoms with van der Waals surface area (Å²) in [6.45, 7) is 8.59. The van der Waals surface area contributed by atoms with Crippen LogP contribution in [0.1, 0.15) is 26.6 Å². The van der Waals surface area contributed by atoms with Crippen LogP contribution in [-0.4, -0.2) is 9.55 Å². The van der Waals surface area contributed by atoms with Crippen molar-refractivity contribution in [2.45, 2.75) is 33.2 Å². The molecule has 0 aliphatic carbocycles. The van der Waals surface area contributed by atoms with E-state index < -0.39 is 0 Å². The van der Waals surface area contributed by atoms with Gasteiger partial charge in [-0.1, -0.05) is 0 Å². The van der Waals surface area contributed by atoms with Crippen molar-refractivity contribution in [3.63, 3.8) is 0 Å². The molecule has 0 atom stereocenters. The Bertz CT molecular complexity index is 238. The molecule has 0 amide bonds. The highest BCUT2D eigenvalue weighted by molar-refractivity contribution is 14.1. The van der Waals surface area contributed by atoms with E-state index in [4.69, 9.17) is 0 Å². The summed E-state index contributed by atoms with van der Waals surface area (Å²) in [6.07, 6.45) is 1.90. The Hall–Kier alpha value is -0.0600. The van der Waals surface area contributed by atoms with Crippen LogP contribution in [0, 0.1) is 10.6 Å². The van der Waals surface area contributed by atoms with Crippen molar-refractivity contribution in [3.8, 4) is 0 Å². The Balaban J connectivity index is 3.21. The third-order valence-electron chi connectivity index (χ3n) is 1.57. The Morgan fingerprint density at radius 3 is 2.18 bits per heavy atom. The topological polar surface area (TPSA) is 17.8 Å². The molecule has 62 valence electrons. The zero-order valence-corrected chi connectivity index (χ0v) is 9.51. The fourth-order valence-corrected chi connectivity index (χ4v) is 2.43. The smallest absolute Gasteiger partial charge is 0.106 e. The average Bonchev–Trinajstić information content (AvgIpc) is 2.08. The van der Waals surface area contributed by atoms with Gasteiger partial charge in [0.15, 0.2) is 0 Å². The zero-order chi connectivity index (χ0) is 8.65. The van der Waals surface area contributed by atoms with Crippen molar-refractivity contribution in [1.29, 1.82) is 0 Å². The molecule has 0 N–H and O–H groups in total. The lowest BCUT2D eigenvalue weighted by molar-refractivity contribution is 0.380. The first kappa shape index (κ1) is 9.03. The van der Waals surface area contributed by atoms with Crippen LogP contribution < -0.4 is 0 Å². The SMILES string of the molecule is Cc1ncc(I)n1C(C)(C)C. The molecule has 1 aromatic rings. The molecule has 0 fully saturated rings. The summed E-state index contributed by atoms with van der Waals surface area (Å²) in [5, 5.41) is 0. The van der Waals surface area contributed by atoms with E-state index >= 15 is 0 Å². The van der Waals surface area contributed by atoms with Crippen molar-refractivity contribution in [3.05, 3.63) is 15.7 Å². The van der Waals surface area contributed by atoms with Crippen molar-refractivity contribution in [2.75, 3.05) is 0 Å². The molecular weight excluding hydrogens is 251 g/mol. The van der Waals surface area contributed by atoms with Crippen molar-refractivity contribution < 1.29 is 0 Å². The van der Waals surface area contributed by atoms with Gasteiger partial charge >= 0.3 is 0 Å². The van der Waals surface area contributed by atoms with Gasteiger partial charge in [0.1, 0.15) is 9.53 Å². The minimum absolute atomic E-state index is 0.150. The minimum Gasteiger partial charge on any atom is -0.318 e. The third-order valence-corrected chi connectivity index (χ3v) is 2.33. The highest BCUT2D eigenvalue weighted by Crippen LogP contribution is 2.20. The Labute approximate surface area is 81.2 Å². The van der Waals surface area contributed by atoms with Crippen LogP contribution in [0.2, 0.25) is 0 Å². The predicted molar refractivity (Wildman–Crippen MR) is 54.7 cm³/mol. The predicted octanol–water partition coefficient (Wildman–Crippen LogP) is 2.55. The van der Waals surface area contributed by atoms with Crippen LogP contribution in [0.15, 0.2) is 6.20 Å². The third kappa shape index (κ3) is 1.75. The first-order chi connectivity index (χ1) is 4.93. The molecule has 11 heavy (non-hydrogen) atoms. The van der Waals surface area contributed by atoms with Gasteiger partial charge in [0.25, 0.3) is 0 Å². The standard InChI is InChI=1S/C8H13IN2/c1-6-10-5-7(9)11(6)8(2,3)4/h5H,1-4H3. The normalized spacial score (nSPS) is 12.1. The van der Waals surface area contributed by atoms with Crippen molar-refractivity contribution >= 4 is 22.6 Å². The number of rotatable bonds is 0. The molecule has 0 saturated heterocycles. The summed E-state index contributed by atoms with van der Waals surface area (Å²) in [5.41, 5.74) is 0.150. The molecule has 1 heterocycles. The number of imidazole rings is 1. The first-order valence-electron chi connectivity index (χ1n) is 3.63. The van der Waals surface area contributed by atoms with Gasteiger partial charge in [0.2, 0.25) is 0 Å². The van der Waals surface area contributed by atoms with Gasteiger partial charge < -0.3 is 4.57 Å². The van der Waals surface area contributed by atoms with Crippen molar-refractivity contribution in [2.24, 2.45) is 0 Å². The van der Waals surface area contributed by atoms with Crippen LogP contribution in [0.25, 0.3) is 0 Å². The summed E-state index contributed by atoms with van der Waals surface area (Å²) in [7, 11) is 0. The monoisotopic (exact) mass is 264 g/mol. The van der Waals surface area contributed by atoms with E-state index in [0.29, 0.717) is 0 Å². The lowest BCUT2D eigenvalue weighted by Crippen LogP contribution is -2.24. The highest BCUT2D eigenvalue weighted by Gasteiger charge is 2.17. The fraction of sp³-hybridized carbons (Fsp3) is 0.625. The highest BCUT2D eigenvalue weighted by atomic mass is 127. The van der Waals surface area contributed by atoms with Gasteiger partial charge in [0, 0.05) is 5.54 Å². The number of hydrogen-bond acceptors (Lipinski definition) is 1. The molecule has 0 spiro atoms. The number of nitrogens with zero attached hydrogens (tertiary/aromatic N) is 2. The van der Waals surface area contributed by atoms with Crippen LogP contribution in [0.4, 0.5) is 0 Å². The summed E-state index contributed by atoms with van der Waals surface area (Å²) in [4.78, 5) is 4.24. The fourth-order valence-electron chi connectivity index (χ4n) is 1.22. The second kappa shape index (κ2) is 2.77. The van der Waals surface area contributed by atoms with E-state index in [2.05, 4.69) is 52.9 Å². The van der Waals surface area contributed by atoms with E-state index in [1.54, 1.807) is 0 Å². The molecule has 3 heteroatoms. The lowest BCUT2D eigenvalue weighted by Gasteiger charge is -2.23. The summed E-state index contributed by atoms with van der Waals surface area (Å²) >= 11 is 2.31. The average molecular weight is 264 g/mol. The minimum atomic E-state index is 0.150. The molecule has 0 aliphatic heterocycles. The molecule has 0 aromatic carbocycles. The molecule has 0 radical (unpaired) electrons. The molecule has 0 saturated carbocycles. The molecule has 0 bridgehead atoms. The van der Waals surface area contributed by atoms with Crippen molar-refractivity contribution in [1.82, 2.24) is 9.55 Å². The van der Waals surface area contributed by atoms with E-state index in [1.807, 2.05) is 13.1 Å². The Kier molecular flexibility index (Phi) is 2.27. The first-order valence-corrected chi connectivity index (χ1v) is 4.71. The van der Waals surface area contributed by atoms with Gasteiger partial charge in [-0.15, -0.1) is 0 Å². The van der Waals surface area contributed by atoms with Gasteiger partial charge in [0.05, 0.1) is 6.20 Å². The number of halogens is 1. The molecule has 1 rings (SSSR count). The maximum Gasteiger partial charge on any atom is 0.106 e. The van der Waals surface area contributed by atoms with Crippen LogP contribution in [-0.2, 0) is 5.54 Å². The Morgan fingerprint density at radius 1 is 1.45 bits per heavy atom. The molecule has 2 nitrogen and oxygen atoms in total. The van der Waals surface area contributed by atoms with Gasteiger partial charge in [-0.05, 0) is 50.3 Å². The zero-order valence-electron chi connectivity index (χ0n) is 7.35. The molecular formula is C8H13IN2. The number of aryl methyl sites for hydroxylation is 1. The summed E-state index contributed by atoms with van der Waals surface area (Å²) in [6, 6.07) is 0. The van der Waals surface area contributed by atoms with E-state index in [-0.39, 0.29) is 5.54 Å². The van der Waals surface area contributed by atoms with Crippen LogP contribution in [0.5, 0.6) is 0 Å². The van der Waals surface area contributed by atoms with E-state index in [0.717, 1.165) is 5.82 Å². The molecule has 1 aromatic heterocycles. The molecule has 0 unspecified atom stereocenters. The van der Waals surface area contributed by atoms with Gasteiger partial charge in [-0.3, -0.25) is 0 Å². The van der Waals surface area contributed by atoms with Gasteiger partial charge in [-0.2, -0.15) is 0 Å². The molecule has 0 aliphatic rings. The largest absolute Gasteiger partial charge is 0.318 e. The van der Waals surface area contributed by atoms with Crippen LogP contribution >= 0.6 is 22.6 Å². The summed E-state index contributed by atoms with van der Waals surface area (Å²) < 4.78 is 3.43. The quantitative estimate of drug-likeness (QED) is 0.658.